The second-order valence-corrected chi connectivity index (χ2v) is 6.11. The van der Waals surface area contributed by atoms with Gasteiger partial charge < -0.3 is 14.4 Å². The molecule has 0 bridgehead atoms. The van der Waals surface area contributed by atoms with Crippen molar-refractivity contribution >= 4 is 17.4 Å². The predicted octanol–water partition coefficient (Wildman–Crippen LogP) is 4.40. The van der Waals surface area contributed by atoms with Crippen LogP contribution in [0.4, 0.5) is 8.78 Å². The quantitative estimate of drug-likeness (QED) is 0.372. The van der Waals surface area contributed by atoms with E-state index in [0.717, 1.165) is 18.2 Å². The maximum Gasteiger partial charge on any atom is 0.360 e. The Labute approximate surface area is 167 Å². The van der Waals surface area contributed by atoms with E-state index in [1.165, 1.54) is 25.3 Å². The average molecular weight is 404 g/mol. The summed E-state index contributed by atoms with van der Waals surface area (Å²) in [6.07, 6.45) is -2.78. The second-order valence-electron chi connectivity index (χ2n) is 6.11. The lowest BCUT2D eigenvalue weighted by molar-refractivity contribution is -0.132. The first-order chi connectivity index (χ1) is 13.9. The number of aryl methyl sites for hydroxylation is 1. The van der Waals surface area contributed by atoms with Crippen LogP contribution in [0.5, 0.6) is 0 Å². The summed E-state index contributed by atoms with van der Waals surface area (Å²) in [5.74, 6) is -0.820. The molecule has 154 valence electrons. The maximum absolute atomic E-state index is 13.6. The molecule has 0 aliphatic heterocycles. The minimum Gasteiger partial charge on any atom is -0.464 e. The Morgan fingerprint density at radius 3 is 2.45 bits per heavy atom. The zero-order chi connectivity index (χ0) is 21.4. The van der Waals surface area contributed by atoms with Gasteiger partial charge in [-0.25, -0.2) is 13.6 Å². The smallest absolute Gasteiger partial charge is 0.360 e. The minimum absolute atomic E-state index is 0.0736. The molecular weight excluding hydrogens is 382 g/mol. The molecule has 2 aromatic rings. The largest absolute Gasteiger partial charge is 0.464 e. The van der Waals surface area contributed by atoms with E-state index in [4.69, 9.17) is 4.84 Å². The molecule has 8 heteroatoms. The Morgan fingerprint density at radius 2 is 1.83 bits per heavy atom. The number of benzene rings is 2. The van der Waals surface area contributed by atoms with Gasteiger partial charge in [-0.1, -0.05) is 58.3 Å². The Hall–Kier alpha value is -3.29. The van der Waals surface area contributed by atoms with Crippen LogP contribution in [-0.4, -0.2) is 31.6 Å². The van der Waals surface area contributed by atoms with Crippen molar-refractivity contribution in [3.05, 3.63) is 70.3 Å². The van der Waals surface area contributed by atoms with Gasteiger partial charge in [0.25, 0.3) is 6.43 Å². The molecule has 0 aliphatic rings. The van der Waals surface area contributed by atoms with Crippen molar-refractivity contribution in [3.8, 4) is 0 Å². The molecule has 29 heavy (non-hydrogen) atoms. The lowest BCUT2D eigenvalue weighted by atomic mass is 9.98. The highest BCUT2D eigenvalue weighted by molar-refractivity contribution is 6.43. The van der Waals surface area contributed by atoms with Gasteiger partial charge in [0.15, 0.2) is 5.71 Å². The van der Waals surface area contributed by atoms with E-state index in [9.17, 15) is 13.6 Å². The number of methoxy groups -OCH3 is 1. The van der Waals surface area contributed by atoms with Crippen LogP contribution in [0.15, 0.2) is 52.8 Å². The van der Waals surface area contributed by atoms with Crippen LogP contribution < -0.4 is 0 Å². The highest BCUT2D eigenvalue weighted by Crippen LogP contribution is 2.27. The molecule has 0 aliphatic carbocycles. The van der Waals surface area contributed by atoms with E-state index in [-0.39, 0.29) is 29.0 Å². The third kappa shape index (κ3) is 5.60. The third-order valence-corrected chi connectivity index (χ3v) is 4.11. The number of nitrogens with zero attached hydrogens (tertiary/aromatic N) is 2. The Bertz CT molecular complexity index is 927. The fourth-order valence-electron chi connectivity index (χ4n) is 2.69. The summed E-state index contributed by atoms with van der Waals surface area (Å²) in [6.45, 7) is 3.41. The van der Waals surface area contributed by atoms with Gasteiger partial charge in [0.2, 0.25) is 0 Å². The molecule has 0 heterocycles. The minimum atomic E-state index is -2.78. The molecule has 0 saturated heterocycles. The first-order valence-corrected chi connectivity index (χ1v) is 8.72. The molecule has 0 radical (unpaired) electrons. The molecule has 0 saturated carbocycles. The maximum atomic E-state index is 13.6. The zero-order valence-corrected chi connectivity index (χ0v) is 16.6. The van der Waals surface area contributed by atoms with Gasteiger partial charge in [0.1, 0.15) is 13.7 Å². The van der Waals surface area contributed by atoms with Crippen LogP contribution in [0.25, 0.3) is 0 Å². The van der Waals surface area contributed by atoms with Crippen molar-refractivity contribution in [1.29, 1.82) is 0 Å². The number of halogens is 2. The number of esters is 1. The third-order valence-electron chi connectivity index (χ3n) is 4.11. The summed E-state index contributed by atoms with van der Waals surface area (Å²) in [5, 5.41) is 7.66. The van der Waals surface area contributed by atoms with E-state index in [0.29, 0.717) is 5.71 Å². The van der Waals surface area contributed by atoms with Crippen LogP contribution in [0.2, 0.25) is 0 Å². The summed E-state index contributed by atoms with van der Waals surface area (Å²) >= 11 is 0. The molecule has 0 N–H and O–H groups in total. The number of carbonyl (C=O) groups excluding carboxylic acids is 1. The van der Waals surface area contributed by atoms with Crippen LogP contribution in [0.3, 0.4) is 0 Å². The number of rotatable bonds is 8. The zero-order valence-electron chi connectivity index (χ0n) is 16.6. The van der Waals surface area contributed by atoms with Crippen LogP contribution >= 0.6 is 0 Å². The molecule has 0 amide bonds. The van der Waals surface area contributed by atoms with Gasteiger partial charge in [0.05, 0.1) is 12.8 Å². The molecule has 0 spiro atoms. The van der Waals surface area contributed by atoms with Crippen LogP contribution in [0, 0.1) is 6.92 Å². The van der Waals surface area contributed by atoms with Gasteiger partial charge in [-0.05, 0) is 19.4 Å². The van der Waals surface area contributed by atoms with Crippen molar-refractivity contribution in [3.63, 3.8) is 0 Å². The van der Waals surface area contributed by atoms with Crippen molar-refractivity contribution in [1.82, 2.24) is 0 Å². The van der Waals surface area contributed by atoms with Gasteiger partial charge in [-0.2, -0.15) is 0 Å². The lowest BCUT2D eigenvalue weighted by Crippen LogP contribution is -2.20. The van der Waals surface area contributed by atoms with E-state index in [1.807, 2.05) is 31.2 Å². The summed E-state index contributed by atoms with van der Waals surface area (Å²) in [5.41, 5.74) is 2.16. The molecule has 0 unspecified atom stereocenters. The second kappa shape index (κ2) is 10.3. The topological polar surface area (TPSA) is 69.5 Å². The molecule has 0 fully saturated rings. The van der Waals surface area contributed by atoms with Crippen LogP contribution in [0.1, 0.15) is 41.2 Å². The van der Waals surface area contributed by atoms with Gasteiger partial charge in [0, 0.05) is 16.7 Å². The number of hydrogen-bond donors (Lipinski definition) is 0. The summed E-state index contributed by atoms with van der Waals surface area (Å²) < 4.78 is 31.8. The highest BCUT2D eigenvalue weighted by Gasteiger charge is 2.24. The van der Waals surface area contributed by atoms with Crippen molar-refractivity contribution in [2.75, 3.05) is 14.2 Å². The highest BCUT2D eigenvalue weighted by atomic mass is 19.3. The normalized spacial score (nSPS) is 12.1. The number of carbonyl (C=O) groups is 1. The number of hydrogen-bond acceptors (Lipinski definition) is 6. The molecule has 0 atom stereocenters. The first kappa shape index (κ1) is 22.0. The Balaban J connectivity index is 2.38. The fourth-order valence-corrected chi connectivity index (χ4v) is 2.69. The molecule has 2 aromatic carbocycles. The Kier molecular flexibility index (Phi) is 7.82. The summed E-state index contributed by atoms with van der Waals surface area (Å²) in [7, 11) is 2.40. The van der Waals surface area contributed by atoms with Gasteiger partial charge in [-0.3, -0.25) is 0 Å². The SMILES string of the molecule is CO/N=C(/C(=O)OC)c1cccc(C(F)F)c1CO/N=C(\C)c1cccc(C)c1. The standard InChI is InChI=1S/C21H22F2N2O4/c1-13-7-5-8-15(11-13)14(2)24-29-12-18-16(9-6-10-17(18)20(22)23)19(25-28-4)21(26)27-3/h5-11,20H,12H2,1-4H3/b24-14+,25-19+. The molecule has 6 nitrogen and oxygen atoms in total. The summed E-state index contributed by atoms with van der Waals surface area (Å²) in [6, 6.07) is 11.8. The Morgan fingerprint density at radius 1 is 1.10 bits per heavy atom. The lowest BCUT2D eigenvalue weighted by Gasteiger charge is -2.14. The van der Waals surface area contributed by atoms with Crippen LogP contribution in [-0.2, 0) is 25.8 Å². The van der Waals surface area contributed by atoms with Gasteiger partial charge in [-0.15, -0.1) is 0 Å². The van der Waals surface area contributed by atoms with E-state index >= 15 is 0 Å². The van der Waals surface area contributed by atoms with Crippen molar-refractivity contribution in [2.24, 2.45) is 10.3 Å². The number of alkyl halides is 2. The summed E-state index contributed by atoms with van der Waals surface area (Å²) in [4.78, 5) is 22.1. The van der Waals surface area contributed by atoms with Gasteiger partial charge >= 0.3 is 5.97 Å². The molecule has 0 aromatic heterocycles. The number of oxime groups is 2. The first-order valence-electron chi connectivity index (χ1n) is 8.72. The number of ether oxygens (including phenoxy) is 1. The molecule has 2 rings (SSSR count). The van der Waals surface area contributed by atoms with E-state index in [2.05, 4.69) is 19.9 Å². The van der Waals surface area contributed by atoms with E-state index in [1.54, 1.807) is 6.92 Å². The van der Waals surface area contributed by atoms with Crippen molar-refractivity contribution < 1.29 is 28.0 Å². The average Bonchev–Trinajstić information content (AvgIpc) is 2.71. The van der Waals surface area contributed by atoms with E-state index < -0.39 is 12.4 Å². The predicted molar refractivity (Wildman–Crippen MR) is 105 cm³/mol. The van der Waals surface area contributed by atoms with Crippen molar-refractivity contribution in [2.45, 2.75) is 26.9 Å². The monoisotopic (exact) mass is 404 g/mol. The molecular formula is C21H22F2N2O4. The fraction of sp³-hybridized carbons (Fsp3) is 0.286.